The minimum atomic E-state index is 0.128. The molecule has 2 atom stereocenters. The molecule has 0 spiro atoms. The molecule has 2 N–H and O–H groups in total. The molecule has 0 aromatic heterocycles. The second-order valence-electron chi connectivity index (χ2n) is 13.0. The standard InChI is InChI=1S/C40H58N4S.C3H8.C2H6/c1-9-11-12-19-26-44-30-36(40(43(8)45-44)38-24-22-32(4)28-34(38)6)20-17-15-13-14-16-18-25-42-29-35(10-2)39(41-7)37-23-21-31(3)27-33(37)5;1-3-2;1-2/h10-12,14,16,21-24,27-30,39-42H,2,9,13,15,17-20,25-26H2,1,3-8H3;3H2,1-2H3;1-2H3/b12-11-,16-14-,35-29-;;. The summed E-state index contributed by atoms with van der Waals surface area (Å²) in [4.78, 5) is 0. The third-order valence-electron chi connectivity index (χ3n) is 8.47. The number of benzene rings is 2. The molecule has 0 bridgehead atoms. The Hall–Kier alpha value is -2.99. The number of rotatable bonds is 18. The second-order valence-corrected chi connectivity index (χ2v) is 14.2. The van der Waals surface area contributed by atoms with Crippen LogP contribution in [-0.4, -0.2) is 35.8 Å². The molecular formula is C45H72N4S. The van der Waals surface area contributed by atoms with E-state index in [0.29, 0.717) is 6.04 Å². The van der Waals surface area contributed by atoms with E-state index < -0.39 is 0 Å². The third-order valence-corrected chi connectivity index (χ3v) is 9.43. The minimum absolute atomic E-state index is 0.128. The Morgan fingerprint density at radius 2 is 1.52 bits per heavy atom. The highest BCUT2D eigenvalue weighted by atomic mass is 32.2. The van der Waals surface area contributed by atoms with Gasteiger partial charge in [0.1, 0.15) is 0 Å². The van der Waals surface area contributed by atoms with Crippen LogP contribution in [0.4, 0.5) is 0 Å². The highest BCUT2D eigenvalue weighted by Gasteiger charge is 2.29. The van der Waals surface area contributed by atoms with E-state index in [1.807, 2.05) is 39.1 Å². The molecule has 278 valence electrons. The Labute approximate surface area is 313 Å². The molecule has 1 aliphatic rings. The second kappa shape index (κ2) is 26.8. The van der Waals surface area contributed by atoms with E-state index >= 15 is 0 Å². The van der Waals surface area contributed by atoms with Gasteiger partial charge in [0.25, 0.3) is 0 Å². The lowest BCUT2D eigenvalue weighted by molar-refractivity contribution is 0.407. The molecule has 4 nitrogen and oxygen atoms in total. The lowest BCUT2D eigenvalue weighted by Crippen LogP contribution is -2.31. The van der Waals surface area contributed by atoms with Crippen LogP contribution < -0.4 is 10.6 Å². The Morgan fingerprint density at radius 1 is 0.880 bits per heavy atom. The van der Waals surface area contributed by atoms with Crippen LogP contribution in [0.1, 0.15) is 131 Å². The van der Waals surface area contributed by atoms with E-state index in [1.54, 1.807) is 0 Å². The first-order chi connectivity index (χ1) is 24.2. The van der Waals surface area contributed by atoms with E-state index in [0.717, 1.165) is 50.8 Å². The number of hydrogen-bond acceptors (Lipinski definition) is 5. The van der Waals surface area contributed by atoms with Gasteiger partial charge < -0.3 is 14.9 Å². The predicted octanol–water partition coefficient (Wildman–Crippen LogP) is 12.6. The number of allylic oxidation sites excluding steroid dienone is 2. The Kier molecular flexibility index (Phi) is 24.1. The molecule has 1 heterocycles. The molecule has 0 fully saturated rings. The van der Waals surface area contributed by atoms with E-state index in [4.69, 9.17) is 0 Å². The van der Waals surface area contributed by atoms with Gasteiger partial charge in [-0.05, 0) is 113 Å². The van der Waals surface area contributed by atoms with Gasteiger partial charge in [-0.2, -0.15) is 0 Å². The SMILES string of the molecule is C=C/C(=C/NCC/C=C\CCCCC1=CN(CC/C=C\CC)SN(C)C1c1ccc(C)cc1C)C(NC)c1ccc(C)cc1C.CC.CCC. The maximum Gasteiger partial charge on any atom is 0.0695 e. The zero-order valence-electron chi connectivity index (χ0n) is 33.7. The Balaban J connectivity index is 0.00000237. The van der Waals surface area contributed by atoms with Crippen LogP contribution in [-0.2, 0) is 0 Å². The lowest BCUT2D eigenvalue weighted by atomic mass is 9.91. The van der Waals surface area contributed by atoms with Crippen LogP contribution in [0.15, 0.2) is 96.9 Å². The van der Waals surface area contributed by atoms with Gasteiger partial charge in [-0.25, -0.2) is 4.31 Å². The smallest absolute Gasteiger partial charge is 0.0695 e. The van der Waals surface area contributed by atoms with Crippen molar-refractivity contribution in [2.24, 2.45) is 0 Å². The first-order valence-electron chi connectivity index (χ1n) is 19.3. The van der Waals surface area contributed by atoms with Crippen LogP contribution in [0.3, 0.4) is 0 Å². The number of aryl methyl sites for hydroxylation is 4. The van der Waals surface area contributed by atoms with Crippen molar-refractivity contribution in [3.8, 4) is 0 Å². The van der Waals surface area contributed by atoms with Crippen molar-refractivity contribution in [3.05, 3.63) is 130 Å². The Morgan fingerprint density at radius 3 is 2.14 bits per heavy atom. The summed E-state index contributed by atoms with van der Waals surface area (Å²) in [5.41, 5.74) is 10.7. The number of nitrogens with zero attached hydrogens (tertiary/aromatic N) is 2. The van der Waals surface area contributed by atoms with E-state index in [2.05, 4.69) is 154 Å². The molecule has 0 saturated carbocycles. The van der Waals surface area contributed by atoms with Crippen LogP contribution in [0.2, 0.25) is 0 Å². The molecular weight excluding hydrogens is 629 g/mol. The minimum Gasteiger partial charge on any atom is -0.390 e. The van der Waals surface area contributed by atoms with Crippen molar-refractivity contribution in [1.82, 2.24) is 19.2 Å². The van der Waals surface area contributed by atoms with Crippen LogP contribution in [0.25, 0.3) is 0 Å². The molecule has 50 heavy (non-hydrogen) atoms. The van der Waals surface area contributed by atoms with Crippen LogP contribution in [0, 0.1) is 27.7 Å². The monoisotopic (exact) mass is 701 g/mol. The molecule has 2 aromatic carbocycles. The fourth-order valence-corrected chi connectivity index (χ4v) is 7.18. The van der Waals surface area contributed by atoms with Crippen molar-refractivity contribution in [2.45, 2.75) is 126 Å². The third kappa shape index (κ3) is 15.9. The van der Waals surface area contributed by atoms with Crippen molar-refractivity contribution in [2.75, 3.05) is 27.2 Å². The van der Waals surface area contributed by atoms with Gasteiger partial charge in [-0.15, -0.1) is 0 Å². The van der Waals surface area contributed by atoms with Gasteiger partial charge in [0.15, 0.2) is 0 Å². The summed E-state index contributed by atoms with van der Waals surface area (Å²) in [6.07, 6.45) is 24.9. The van der Waals surface area contributed by atoms with Gasteiger partial charge in [0.05, 0.1) is 12.1 Å². The molecule has 0 amide bonds. The van der Waals surface area contributed by atoms with Crippen LogP contribution in [0.5, 0.6) is 0 Å². The maximum atomic E-state index is 4.08. The Bertz CT molecular complexity index is 1350. The highest BCUT2D eigenvalue weighted by Crippen LogP contribution is 2.42. The van der Waals surface area contributed by atoms with Crippen molar-refractivity contribution < 1.29 is 0 Å². The zero-order valence-corrected chi connectivity index (χ0v) is 34.6. The van der Waals surface area contributed by atoms with E-state index in [1.165, 1.54) is 58.2 Å². The van der Waals surface area contributed by atoms with Gasteiger partial charge >= 0.3 is 0 Å². The van der Waals surface area contributed by atoms with Gasteiger partial charge in [0.2, 0.25) is 0 Å². The number of nitrogens with one attached hydrogen (secondary N) is 2. The largest absolute Gasteiger partial charge is 0.390 e. The lowest BCUT2D eigenvalue weighted by Gasteiger charge is -2.39. The molecule has 5 heteroatoms. The molecule has 0 aliphatic carbocycles. The van der Waals surface area contributed by atoms with Crippen LogP contribution >= 0.6 is 12.1 Å². The van der Waals surface area contributed by atoms with Crippen molar-refractivity contribution >= 4 is 12.1 Å². The first-order valence-corrected chi connectivity index (χ1v) is 20.0. The average molecular weight is 701 g/mol. The normalized spacial score (nSPS) is 15.7. The summed E-state index contributed by atoms with van der Waals surface area (Å²) in [6.45, 7) is 25.2. The quantitative estimate of drug-likeness (QED) is 0.0700. The molecule has 1 aliphatic heterocycles. The van der Waals surface area contributed by atoms with Crippen molar-refractivity contribution in [3.63, 3.8) is 0 Å². The fraction of sp³-hybridized carbons (Fsp3) is 0.511. The summed E-state index contributed by atoms with van der Waals surface area (Å²) >= 11 is 1.85. The topological polar surface area (TPSA) is 30.5 Å². The van der Waals surface area contributed by atoms with E-state index in [-0.39, 0.29) is 6.04 Å². The number of unbranched alkanes of at least 4 members (excludes halogenated alkanes) is 2. The zero-order chi connectivity index (χ0) is 37.3. The van der Waals surface area contributed by atoms with Gasteiger partial charge in [-0.1, -0.05) is 126 Å². The number of hydrogen-bond donors (Lipinski definition) is 2. The van der Waals surface area contributed by atoms with Gasteiger partial charge in [-0.3, -0.25) is 0 Å². The average Bonchev–Trinajstić information content (AvgIpc) is 3.09. The molecule has 2 unspecified atom stereocenters. The molecule has 0 radical (unpaired) electrons. The predicted molar refractivity (Wildman–Crippen MR) is 226 cm³/mol. The first kappa shape index (κ1) is 45.0. The fourth-order valence-electron chi connectivity index (χ4n) is 6.14. The van der Waals surface area contributed by atoms with E-state index in [9.17, 15) is 0 Å². The summed E-state index contributed by atoms with van der Waals surface area (Å²) in [6, 6.07) is 14.0. The number of likely N-dealkylation sites (N-methyl/N-ethyl adjacent to an activating group) is 2. The summed E-state index contributed by atoms with van der Waals surface area (Å²) < 4.78 is 4.88. The van der Waals surface area contributed by atoms with Crippen molar-refractivity contribution in [1.29, 1.82) is 0 Å². The summed E-state index contributed by atoms with van der Waals surface area (Å²) in [7, 11) is 4.26. The summed E-state index contributed by atoms with van der Waals surface area (Å²) in [5, 5.41) is 6.97. The molecule has 2 aromatic rings. The van der Waals surface area contributed by atoms with Gasteiger partial charge in [0, 0.05) is 44.7 Å². The molecule has 3 rings (SSSR count). The molecule has 0 saturated heterocycles. The maximum absolute atomic E-state index is 4.08. The highest BCUT2D eigenvalue weighted by molar-refractivity contribution is 7.94. The summed E-state index contributed by atoms with van der Waals surface area (Å²) in [5.74, 6) is 0.